The van der Waals surface area contributed by atoms with Crippen molar-refractivity contribution in [3.8, 4) is 0 Å². The van der Waals surface area contributed by atoms with Gasteiger partial charge in [-0.1, -0.05) is 38.3 Å². The Bertz CT molecular complexity index is 769. The molecule has 0 aliphatic rings. The molecule has 0 atom stereocenters. The Balaban J connectivity index is 1.75. The van der Waals surface area contributed by atoms with Gasteiger partial charge in [0.25, 0.3) is 5.91 Å². The maximum absolute atomic E-state index is 13.2. The fraction of sp³-hybridized carbons (Fsp3) is 0.176. The molecule has 0 saturated carbocycles. The third-order valence-corrected chi connectivity index (χ3v) is 5.75. The summed E-state index contributed by atoms with van der Waals surface area (Å²) in [5.41, 5.74) is -0.0107. The van der Waals surface area contributed by atoms with E-state index in [1.165, 1.54) is 10.8 Å². The van der Waals surface area contributed by atoms with Crippen molar-refractivity contribution in [3.63, 3.8) is 0 Å². The lowest BCUT2D eigenvalue weighted by Gasteiger charge is -2.07. The molecule has 2 rings (SSSR count). The molecule has 0 radical (unpaired) electrons. The second kappa shape index (κ2) is 10.4. The lowest BCUT2D eigenvalue weighted by molar-refractivity contribution is -0.114. The Morgan fingerprint density at radius 2 is 1.81 bits per heavy atom. The van der Waals surface area contributed by atoms with Crippen LogP contribution < -0.4 is 5.32 Å². The van der Waals surface area contributed by atoms with Gasteiger partial charge in [-0.2, -0.15) is 0 Å². The van der Waals surface area contributed by atoms with Gasteiger partial charge in [0.2, 0.25) is 0 Å². The van der Waals surface area contributed by atoms with Crippen molar-refractivity contribution in [2.24, 2.45) is 5.16 Å². The molecule has 9 heteroatoms. The minimum atomic E-state index is -0.756. The zero-order valence-electron chi connectivity index (χ0n) is 13.4. The van der Waals surface area contributed by atoms with Crippen LogP contribution in [0.1, 0.15) is 5.56 Å². The zero-order chi connectivity index (χ0) is 18.9. The number of nitrogens with one attached hydrogen (secondary N) is 1. The van der Waals surface area contributed by atoms with Crippen molar-refractivity contribution in [1.29, 1.82) is 0 Å². The Morgan fingerprint density at radius 1 is 1.15 bits per heavy atom. The average Bonchev–Trinajstić information content (AvgIpc) is 2.60. The molecule has 26 heavy (non-hydrogen) atoms. The number of rotatable bonds is 8. The van der Waals surface area contributed by atoms with E-state index in [1.54, 1.807) is 22.9 Å². The van der Waals surface area contributed by atoms with Gasteiger partial charge in [-0.15, -0.1) is 0 Å². The smallest absolute Gasteiger partial charge is 0.269 e. The van der Waals surface area contributed by atoms with Crippen LogP contribution in [0.5, 0.6) is 0 Å². The number of oxime groups is 1. The standard InChI is InChI=1S/C17H15ClF2N2O2S2/c18-12-1-3-15(4-2-12)26-25-6-5-21-17(23)16(22-24)9-11-7-13(19)10-14(20)8-11/h1-4,7-8,10,24H,5-6,9H2,(H,21,23)/b22-16+. The van der Waals surface area contributed by atoms with Gasteiger partial charge in [0, 0.05) is 34.7 Å². The first-order valence-corrected chi connectivity index (χ1v) is 10.2. The topological polar surface area (TPSA) is 61.7 Å². The van der Waals surface area contributed by atoms with Crippen LogP contribution in [0.25, 0.3) is 0 Å². The summed E-state index contributed by atoms with van der Waals surface area (Å²) < 4.78 is 26.4. The highest BCUT2D eigenvalue weighted by Crippen LogP contribution is 2.31. The Hall–Kier alpha value is -1.77. The Labute approximate surface area is 162 Å². The first-order chi connectivity index (χ1) is 12.5. The van der Waals surface area contributed by atoms with Crippen LogP contribution in [0.2, 0.25) is 5.02 Å². The minimum Gasteiger partial charge on any atom is -0.410 e. The van der Waals surface area contributed by atoms with E-state index in [0.717, 1.165) is 23.1 Å². The summed E-state index contributed by atoms with van der Waals surface area (Å²) in [4.78, 5) is 13.0. The average molecular weight is 417 g/mol. The molecule has 0 bridgehead atoms. The fourth-order valence-corrected chi connectivity index (χ4v) is 4.00. The second-order valence-corrected chi connectivity index (χ2v) is 8.04. The molecule has 0 saturated heterocycles. The molecule has 138 valence electrons. The normalized spacial score (nSPS) is 11.4. The van der Waals surface area contributed by atoms with Crippen LogP contribution in [-0.2, 0) is 11.2 Å². The van der Waals surface area contributed by atoms with Crippen LogP contribution in [0.15, 0.2) is 52.5 Å². The highest BCUT2D eigenvalue weighted by molar-refractivity contribution is 8.76. The van der Waals surface area contributed by atoms with Gasteiger partial charge in [0.15, 0.2) is 0 Å². The van der Waals surface area contributed by atoms with Crippen LogP contribution in [0.3, 0.4) is 0 Å². The quantitative estimate of drug-likeness (QED) is 0.218. The molecule has 4 nitrogen and oxygen atoms in total. The van der Waals surface area contributed by atoms with E-state index in [-0.39, 0.29) is 17.7 Å². The number of halogens is 3. The predicted molar refractivity (Wildman–Crippen MR) is 102 cm³/mol. The van der Waals surface area contributed by atoms with E-state index in [0.29, 0.717) is 17.3 Å². The van der Waals surface area contributed by atoms with Crippen molar-refractivity contribution in [2.75, 3.05) is 12.3 Å². The summed E-state index contributed by atoms with van der Waals surface area (Å²) in [5, 5.41) is 15.2. The molecule has 0 aromatic heterocycles. The molecule has 0 aliphatic heterocycles. The van der Waals surface area contributed by atoms with Crippen molar-refractivity contribution >= 4 is 44.8 Å². The number of carbonyl (C=O) groups is 1. The number of hydrogen-bond donors (Lipinski definition) is 2. The fourth-order valence-electron chi connectivity index (χ4n) is 1.98. The molecule has 2 aromatic rings. The molecule has 2 N–H and O–H groups in total. The van der Waals surface area contributed by atoms with Crippen LogP contribution in [0, 0.1) is 11.6 Å². The maximum atomic E-state index is 13.2. The van der Waals surface area contributed by atoms with Crippen LogP contribution in [0.4, 0.5) is 8.78 Å². The van der Waals surface area contributed by atoms with Crippen molar-refractivity contribution < 1.29 is 18.8 Å². The van der Waals surface area contributed by atoms with Gasteiger partial charge in [-0.05, 0) is 42.0 Å². The van der Waals surface area contributed by atoms with Gasteiger partial charge in [0.05, 0.1) is 0 Å². The van der Waals surface area contributed by atoms with Gasteiger partial charge in [-0.3, -0.25) is 4.79 Å². The van der Waals surface area contributed by atoms with Crippen molar-refractivity contribution in [3.05, 3.63) is 64.7 Å². The van der Waals surface area contributed by atoms with E-state index < -0.39 is 17.5 Å². The lowest BCUT2D eigenvalue weighted by atomic mass is 10.1. The van der Waals surface area contributed by atoms with E-state index >= 15 is 0 Å². The van der Waals surface area contributed by atoms with E-state index in [1.807, 2.05) is 12.1 Å². The summed E-state index contributed by atoms with van der Waals surface area (Å²) in [5.74, 6) is -1.48. The molecule has 0 fully saturated rings. The number of nitrogens with zero attached hydrogens (tertiary/aromatic N) is 1. The number of amides is 1. The first-order valence-electron chi connectivity index (χ1n) is 7.47. The van der Waals surface area contributed by atoms with E-state index in [4.69, 9.17) is 16.8 Å². The Kier molecular flexibility index (Phi) is 8.21. The summed E-state index contributed by atoms with van der Waals surface area (Å²) in [6.07, 6.45) is -0.177. The maximum Gasteiger partial charge on any atom is 0.269 e. The molecule has 0 spiro atoms. The SMILES string of the molecule is O=C(NCCSSc1ccc(Cl)cc1)/C(Cc1cc(F)cc(F)c1)=N/O. The summed E-state index contributed by atoms with van der Waals surface area (Å²) >= 11 is 5.81. The number of carbonyl (C=O) groups excluding carboxylic acids is 1. The summed E-state index contributed by atoms with van der Waals surface area (Å²) in [7, 11) is 3.08. The van der Waals surface area contributed by atoms with E-state index in [2.05, 4.69) is 10.5 Å². The van der Waals surface area contributed by atoms with Crippen LogP contribution >= 0.6 is 33.2 Å². The highest BCUT2D eigenvalue weighted by atomic mass is 35.5. The molecular weight excluding hydrogens is 402 g/mol. The van der Waals surface area contributed by atoms with Gasteiger partial charge in [-0.25, -0.2) is 8.78 Å². The summed E-state index contributed by atoms with van der Waals surface area (Å²) in [6, 6.07) is 10.3. The largest absolute Gasteiger partial charge is 0.410 e. The second-order valence-electron chi connectivity index (χ2n) is 5.12. The van der Waals surface area contributed by atoms with Crippen molar-refractivity contribution in [2.45, 2.75) is 11.3 Å². The molecular formula is C17H15ClF2N2O2S2. The van der Waals surface area contributed by atoms with Gasteiger partial charge < -0.3 is 10.5 Å². The molecule has 0 aliphatic carbocycles. The highest BCUT2D eigenvalue weighted by Gasteiger charge is 2.14. The predicted octanol–water partition coefficient (Wildman–Crippen LogP) is 4.55. The van der Waals surface area contributed by atoms with Gasteiger partial charge in [0.1, 0.15) is 17.3 Å². The zero-order valence-corrected chi connectivity index (χ0v) is 15.8. The molecule has 1 amide bonds. The van der Waals surface area contributed by atoms with Crippen LogP contribution in [-0.4, -0.2) is 29.1 Å². The van der Waals surface area contributed by atoms with E-state index in [9.17, 15) is 13.6 Å². The number of hydrogen-bond acceptors (Lipinski definition) is 5. The minimum absolute atomic E-state index is 0.177. The summed E-state index contributed by atoms with van der Waals surface area (Å²) in [6.45, 7) is 0.348. The monoisotopic (exact) mass is 416 g/mol. The lowest BCUT2D eigenvalue weighted by Crippen LogP contribution is -2.33. The molecule has 0 unspecified atom stereocenters. The van der Waals surface area contributed by atoms with Gasteiger partial charge >= 0.3 is 0 Å². The third kappa shape index (κ3) is 6.86. The van der Waals surface area contributed by atoms with Crippen molar-refractivity contribution in [1.82, 2.24) is 5.32 Å². The Morgan fingerprint density at radius 3 is 2.42 bits per heavy atom. The third-order valence-electron chi connectivity index (χ3n) is 3.12. The number of benzene rings is 2. The first kappa shape index (κ1) is 20.5. The molecule has 0 heterocycles. The molecule has 2 aromatic carbocycles.